The van der Waals surface area contributed by atoms with E-state index in [9.17, 15) is 18.3 Å². The van der Waals surface area contributed by atoms with Gasteiger partial charge in [-0.2, -0.15) is 0 Å². The first-order valence-corrected chi connectivity index (χ1v) is 11.1. The van der Waals surface area contributed by atoms with Crippen LogP contribution in [-0.4, -0.2) is 31.6 Å². The number of nitrogens with one attached hydrogen (secondary N) is 2. The highest BCUT2D eigenvalue weighted by Crippen LogP contribution is 2.29. The first-order valence-electron chi connectivity index (χ1n) is 9.62. The minimum atomic E-state index is -3.77. The Morgan fingerprint density at radius 2 is 1.50 bits per heavy atom. The molecule has 2 aliphatic rings. The second-order valence-electron chi connectivity index (χ2n) is 7.45. The highest BCUT2D eigenvalue weighted by atomic mass is 32.2. The first-order chi connectivity index (χ1) is 12.5. The fourth-order valence-corrected chi connectivity index (χ4v) is 5.47. The monoisotopic (exact) mass is 380 g/mol. The van der Waals surface area contributed by atoms with Crippen molar-refractivity contribution in [1.29, 1.82) is 0 Å². The Labute approximate surface area is 155 Å². The molecule has 7 heteroatoms. The van der Waals surface area contributed by atoms with Crippen molar-refractivity contribution in [1.82, 2.24) is 4.72 Å². The van der Waals surface area contributed by atoms with Gasteiger partial charge in [-0.25, -0.2) is 17.9 Å². The summed E-state index contributed by atoms with van der Waals surface area (Å²) in [5.74, 6) is -1.12. The molecule has 3 N–H and O–H groups in total. The van der Waals surface area contributed by atoms with Crippen molar-refractivity contribution in [2.75, 3.05) is 5.32 Å². The van der Waals surface area contributed by atoms with Crippen LogP contribution in [0.3, 0.4) is 0 Å². The standard InChI is InChI=1S/C19H28N2O4S/c22-19(23)14-11-12-17(20-15-7-3-1-4-8-15)18(13-14)26(24,25)21-16-9-5-2-6-10-16/h11-13,15-16,20-21H,1-10H2,(H,22,23). The Kier molecular flexibility index (Phi) is 6.19. The summed E-state index contributed by atoms with van der Waals surface area (Å²) in [6.45, 7) is 0. The predicted molar refractivity (Wildman–Crippen MR) is 101 cm³/mol. The molecule has 2 saturated carbocycles. The van der Waals surface area contributed by atoms with Gasteiger partial charge in [-0.3, -0.25) is 0 Å². The van der Waals surface area contributed by atoms with Crippen LogP contribution < -0.4 is 10.0 Å². The molecule has 2 aliphatic carbocycles. The quantitative estimate of drug-likeness (QED) is 0.699. The Hall–Kier alpha value is -1.60. The molecule has 0 spiro atoms. The number of benzene rings is 1. The molecule has 0 unspecified atom stereocenters. The topological polar surface area (TPSA) is 95.5 Å². The van der Waals surface area contributed by atoms with Crippen LogP contribution in [0.25, 0.3) is 0 Å². The van der Waals surface area contributed by atoms with Crippen LogP contribution >= 0.6 is 0 Å². The van der Waals surface area contributed by atoms with E-state index in [1.54, 1.807) is 6.07 Å². The van der Waals surface area contributed by atoms with Gasteiger partial charge in [-0.1, -0.05) is 38.5 Å². The van der Waals surface area contributed by atoms with Crippen LogP contribution in [0.2, 0.25) is 0 Å². The van der Waals surface area contributed by atoms with Crippen LogP contribution in [0, 0.1) is 0 Å². The molecule has 1 aromatic carbocycles. The summed E-state index contributed by atoms with van der Waals surface area (Å²) in [5, 5.41) is 12.6. The molecule has 0 radical (unpaired) electrons. The first kappa shape index (κ1) is 19.2. The maximum absolute atomic E-state index is 13.0. The average molecular weight is 381 g/mol. The molecule has 6 nitrogen and oxygen atoms in total. The maximum Gasteiger partial charge on any atom is 0.335 e. The molecule has 3 rings (SSSR count). The normalized spacial score (nSPS) is 20.0. The lowest BCUT2D eigenvalue weighted by molar-refractivity contribution is 0.0696. The van der Waals surface area contributed by atoms with E-state index >= 15 is 0 Å². The second-order valence-corrected chi connectivity index (χ2v) is 9.13. The third kappa shape index (κ3) is 4.76. The van der Waals surface area contributed by atoms with E-state index in [0.29, 0.717) is 5.69 Å². The third-order valence-corrected chi connectivity index (χ3v) is 6.97. The molecule has 144 valence electrons. The van der Waals surface area contributed by atoms with E-state index in [1.807, 2.05) is 0 Å². The number of sulfonamides is 1. The minimum absolute atomic E-state index is 0.0109. The Morgan fingerprint density at radius 3 is 2.08 bits per heavy atom. The smallest absolute Gasteiger partial charge is 0.335 e. The lowest BCUT2D eigenvalue weighted by Gasteiger charge is -2.26. The van der Waals surface area contributed by atoms with Crippen molar-refractivity contribution in [3.05, 3.63) is 23.8 Å². The summed E-state index contributed by atoms with van der Waals surface area (Å²) < 4.78 is 28.8. The van der Waals surface area contributed by atoms with Gasteiger partial charge < -0.3 is 10.4 Å². The number of carboxylic acid groups (broad SMARTS) is 1. The Balaban J connectivity index is 1.87. The fraction of sp³-hybridized carbons (Fsp3) is 0.632. The SMILES string of the molecule is O=C(O)c1ccc(NC2CCCCC2)c(S(=O)(=O)NC2CCCCC2)c1. The molecule has 0 atom stereocenters. The molecule has 0 aromatic heterocycles. The van der Waals surface area contributed by atoms with Crippen molar-refractivity contribution in [3.63, 3.8) is 0 Å². The van der Waals surface area contributed by atoms with E-state index in [0.717, 1.165) is 57.8 Å². The number of aromatic carboxylic acids is 1. The highest BCUT2D eigenvalue weighted by Gasteiger charge is 2.26. The van der Waals surface area contributed by atoms with E-state index in [1.165, 1.54) is 18.6 Å². The molecule has 0 amide bonds. The molecule has 0 heterocycles. The van der Waals surface area contributed by atoms with Crippen molar-refractivity contribution < 1.29 is 18.3 Å². The molecule has 2 fully saturated rings. The van der Waals surface area contributed by atoms with Gasteiger partial charge in [0.1, 0.15) is 4.90 Å². The highest BCUT2D eigenvalue weighted by molar-refractivity contribution is 7.89. The minimum Gasteiger partial charge on any atom is -0.478 e. The summed E-state index contributed by atoms with van der Waals surface area (Å²) >= 11 is 0. The second kappa shape index (κ2) is 8.39. The van der Waals surface area contributed by atoms with Gasteiger partial charge in [0.15, 0.2) is 0 Å². The number of rotatable bonds is 6. The number of anilines is 1. The van der Waals surface area contributed by atoms with Crippen molar-refractivity contribution in [2.24, 2.45) is 0 Å². The van der Waals surface area contributed by atoms with Crippen LogP contribution in [0.1, 0.15) is 74.6 Å². The van der Waals surface area contributed by atoms with E-state index in [4.69, 9.17) is 0 Å². The summed E-state index contributed by atoms with van der Waals surface area (Å²) in [4.78, 5) is 11.4. The maximum atomic E-state index is 13.0. The van der Waals surface area contributed by atoms with Gasteiger partial charge in [0.05, 0.1) is 11.3 Å². The molecule has 0 saturated heterocycles. The Bertz CT molecular complexity index is 736. The number of hydrogen-bond donors (Lipinski definition) is 3. The lowest BCUT2D eigenvalue weighted by atomic mass is 9.95. The van der Waals surface area contributed by atoms with E-state index in [2.05, 4.69) is 10.0 Å². The molecule has 1 aromatic rings. The van der Waals surface area contributed by atoms with Crippen LogP contribution in [-0.2, 0) is 10.0 Å². The van der Waals surface area contributed by atoms with Gasteiger partial charge in [0.25, 0.3) is 0 Å². The lowest BCUT2D eigenvalue weighted by Crippen LogP contribution is -2.36. The zero-order valence-corrected chi connectivity index (χ0v) is 15.9. The van der Waals surface area contributed by atoms with Gasteiger partial charge >= 0.3 is 5.97 Å². The van der Waals surface area contributed by atoms with Crippen molar-refractivity contribution >= 4 is 21.7 Å². The van der Waals surface area contributed by atoms with Crippen molar-refractivity contribution in [2.45, 2.75) is 81.2 Å². The van der Waals surface area contributed by atoms with E-state index in [-0.39, 0.29) is 22.5 Å². The molecular formula is C19H28N2O4S. The fourth-order valence-electron chi connectivity index (χ4n) is 3.97. The molecular weight excluding hydrogens is 352 g/mol. The summed E-state index contributed by atoms with van der Waals surface area (Å²) in [7, 11) is -3.77. The Morgan fingerprint density at radius 1 is 0.923 bits per heavy atom. The van der Waals surface area contributed by atoms with Crippen LogP contribution in [0.5, 0.6) is 0 Å². The van der Waals surface area contributed by atoms with Crippen molar-refractivity contribution in [3.8, 4) is 0 Å². The molecule has 26 heavy (non-hydrogen) atoms. The third-order valence-electron chi connectivity index (χ3n) is 5.41. The van der Waals surface area contributed by atoms with Gasteiger partial charge in [0.2, 0.25) is 10.0 Å². The molecule has 0 aliphatic heterocycles. The van der Waals surface area contributed by atoms with Gasteiger partial charge in [-0.15, -0.1) is 0 Å². The number of carboxylic acids is 1. The summed E-state index contributed by atoms with van der Waals surface area (Å²) in [6, 6.07) is 4.51. The number of hydrogen-bond acceptors (Lipinski definition) is 4. The average Bonchev–Trinajstić information content (AvgIpc) is 2.63. The van der Waals surface area contributed by atoms with Gasteiger partial charge in [-0.05, 0) is 43.9 Å². The van der Waals surface area contributed by atoms with Crippen LogP contribution in [0.15, 0.2) is 23.1 Å². The largest absolute Gasteiger partial charge is 0.478 e. The van der Waals surface area contributed by atoms with Crippen LogP contribution in [0.4, 0.5) is 5.69 Å². The molecule has 0 bridgehead atoms. The predicted octanol–water partition coefficient (Wildman–Crippen LogP) is 3.74. The summed E-state index contributed by atoms with van der Waals surface area (Å²) in [5.41, 5.74) is 0.494. The zero-order chi connectivity index (χ0) is 18.6. The zero-order valence-electron chi connectivity index (χ0n) is 15.0. The summed E-state index contributed by atoms with van der Waals surface area (Å²) in [6.07, 6.45) is 10.4. The van der Waals surface area contributed by atoms with Gasteiger partial charge in [0, 0.05) is 12.1 Å². The van der Waals surface area contributed by atoms with E-state index < -0.39 is 16.0 Å². The number of carbonyl (C=O) groups is 1.